The van der Waals surface area contributed by atoms with Crippen LogP contribution in [0.5, 0.6) is 11.5 Å². The molecule has 0 saturated carbocycles. The Morgan fingerprint density at radius 2 is 1.77 bits per heavy atom. The summed E-state index contributed by atoms with van der Waals surface area (Å²) < 4.78 is 10.6. The topological polar surface area (TPSA) is 79.9 Å². The van der Waals surface area contributed by atoms with Crippen LogP contribution in [0.25, 0.3) is 0 Å². The molecule has 5 rings (SSSR count). The molecule has 7 nitrogen and oxygen atoms in total. The largest absolute Gasteiger partial charge is 0.454 e. The number of carbonyl (C=O) groups excluding carboxylic acids is 2. The number of benzene rings is 2. The van der Waals surface area contributed by atoms with E-state index >= 15 is 0 Å². The van der Waals surface area contributed by atoms with Gasteiger partial charge in [0, 0.05) is 29.7 Å². The third-order valence-electron chi connectivity index (χ3n) is 5.06. The number of amides is 3. The van der Waals surface area contributed by atoms with E-state index in [4.69, 9.17) is 9.47 Å². The SMILES string of the molecule is O=C(Nc1ccc2c(c1)CCCN2C(=O)c1cccs1)Nc1ccc2c(c1)OCO2. The molecule has 2 N–H and O–H groups in total. The van der Waals surface area contributed by atoms with Crippen LogP contribution in [0.2, 0.25) is 0 Å². The Labute approximate surface area is 177 Å². The van der Waals surface area contributed by atoms with Crippen molar-refractivity contribution in [2.45, 2.75) is 12.8 Å². The molecule has 0 bridgehead atoms. The van der Waals surface area contributed by atoms with E-state index in [1.807, 2.05) is 40.6 Å². The van der Waals surface area contributed by atoms with Crippen molar-refractivity contribution in [2.75, 3.05) is 28.9 Å². The van der Waals surface area contributed by atoms with Gasteiger partial charge in [-0.2, -0.15) is 0 Å². The molecule has 0 spiro atoms. The summed E-state index contributed by atoms with van der Waals surface area (Å²) >= 11 is 1.45. The molecule has 3 aromatic rings. The zero-order valence-electron chi connectivity index (χ0n) is 16.0. The van der Waals surface area contributed by atoms with Gasteiger partial charge in [-0.1, -0.05) is 6.07 Å². The smallest absolute Gasteiger partial charge is 0.323 e. The third-order valence-corrected chi connectivity index (χ3v) is 5.92. The van der Waals surface area contributed by atoms with Crippen molar-refractivity contribution >= 4 is 40.3 Å². The Bertz CT molecular complexity index is 1110. The summed E-state index contributed by atoms with van der Waals surface area (Å²) in [6.45, 7) is 0.882. The molecule has 152 valence electrons. The lowest BCUT2D eigenvalue weighted by atomic mass is 10.0. The monoisotopic (exact) mass is 421 g/mol. The molecule has 30 heavy (non-hydrogen) atoms. The zero-order chi connectivity index (χ0) is 20.5. The van der Waals surface area contributed by atoms with Gasteiger partial charge in [0.15, 0.2) is 11.5 Å². The first kappa shape index (κ1) is 18.5. The van der Waals surface area contributed by atoms with Crippen molar-refractivity contribution < 1.29 is 19.1 Å². The lowest BCUT2D eigenvalue weighted by Crippen LogP contribution is -2.35. The van der Waals surface area contributed by atoms with Gasteiger partial charge in [0.25, 0.3) is 5.91 Å². The van der Waals surface area contributed by atoms with E-state index in [0.29, 0.717) is 29.4 Å². The maximum absolute atomic E-state index is 12.8. The van der Waals surface area contributed by atoms with E-state index in [1.165, 1.54) is 11.3 Å². The summed E-state index contributed by atoms with van der Waals surface area (Å²) in [6, 6.07) is 14.3. The summed E-state index contributed by atoms with van der Waals surface area (Å²) in [5.74, 6) is 1.29. The number of ether oxygens (including phenoxy) is 2. The van der Waals surface area contributed by atoms with Crippen molar-refractivity contribution in [3.8, 4) is 11.5 Å². The fourth-order valence-electron chi connectivity index (χ4n) is 3.69. The molecule has 0 aliphatic carbocycles. The Morgan fingerprint density at radius 3 is 2.60 bits per heavy atom. The number of anilines is 3. The standard InChI is InChI=1S/C22H19N3O4S/c26-21(20-4-2-10-30-20)25-9-1-3-14-11-15(5-7-17(14)25)23-22(27)24-16-6-8-18-19(12-16)29-13-28-18/h2,4-8,10-12H,1,3,9,13H2,(H2,23,24,27). The number of hydrogen-bond donors (Lipinski definition) is 2. The fraction of sp³-hybridized carbons (Fsp3) is 0.182. The number of aryl methyl sites for hydroxylation is 1. The van der Waals surface area contributed by atoms with Crippen molar-refractivity contribution in [3.05, 3.63) is 64.4 Å². The molecule has 1 aromatic heterocycles. The maximum Gasteiger partial charge on any atom is 0.323 e. The summed E-state index contributed by atoms with van der Waals surface area (Å²) in [6.07, 6.45) is 1.75. The van der Waals surface area contributed by atoms with Gasteiger partial charge in [-0.15, -0.1) is 11.3 Å². The minimum Gasteiger partial charge on any atom is -0.454 e. The first-order valence-electron chi connectivity index (χ1n) is 9.63. The van der Waals surface area contributed by atoms with Crippen LogP contribution in [0.4, 0.5) is 21.9 Å². The van der Waals surface area contributed by atoms with Crippen molar-refractivity contribution in [3.63, 3.8) is 0 Å². The molecule has 0 saturated heterocycles. The molecule has 0 unspecified atom stereocenters. The second-order valence-corrected chi connectivity index (χ2v) is 7.98. The number of urea groups is 1. The lowest BCUT2D eigenvalue weighted by Gasteiger charge is -2.29. The number of nitrogens with one attached hydrogen (secondary N) is 2. The van der Waals surface area contributed by atoms with Gasteiger partial charge in [0.05, 0.1) is 4.88 Å². The highest BCUT2D eigenvalue weighted by atomic mass is 32.1. The molecule has 2 aliphatic rings. The van der Waals surface area contributed by atoms with E-state index in [1.54, 1.807) is 18.2 Å². The number of hydrogen-bond acceptors (Lipinski definition) is 5. The molecule has 2 aliphatic heterocycles. The average molecular weight is 421 g/mol. The average Bonchev–Trinajstić information content (AvgIpc) is 3.44. The van der Waals surface area contributed by atoms with Gasteiger partial charge >= 0.3 is 6.03 Å². The van der Waals surface area contributed by atoms with Crippen LogP contribution in [-0.2, 0) is 6.42 Å². The van der Waals surface area contributed by atoms with Crippen LogP contribution < -0.4 is 25.0 Å². The van der Waals surface area contributed by atoms with Gasteiger partial charge in [-0.05, 0) is 60.2 Å². The van der Waals surface area contributed by atoms with Gasteiger partial charge in [-0.3, -0.25) is 4.79 Å². The molecule has 2 aromatic carbocycles. The minimum atomic E-state index is -0.351. The Morgan fingerprint density at radius 1 is 0.967 bits per heavy atom. The Hall–Kier alpha value is -3.52. The molecular weight excluding hydrogens is 402 g/mol. The predicted molar refractivity (Wildman–Crippen MR) is 116 cm³/mol. The molecular formula is C22H19N3O4S. The van der Waals surface area contributed by atoms with Crippen LogP contribution in [-0.4, -0.2) is 25.3 Å². The van der Waals surface area contributed by atoms with Crippen molar-refractivity contribution in [2.24, 2.45) is 0 Å². The van der Waals surface area contributed by atoms with Crippen LogP contribution in [0, 0.1) is 0 Å². The summed E-state index contributed by atoms with van der Waals surface area (Å²) in [7, 11) is 0. The second kappa shape index (κ2) is 7.72. The molecule has 3 heterocycles. The first-order valence-corrected chi connectivity index (χ1v) is 10.5. The van der Waals surface area contributed by atoms with Gasteiger partial charge in [0.1, 0.15) is 0 Å². The zero-order valence-corrected chi connectivity index (χ0v) is 16.8. The maximum atomic E-state index is 12.8. The predicted octanol–water partition coefficient (Wildman–Crippen LogP) is 4.71. The molecule has 3 amide bonds. The van der Waals surface area contributed by atoms with Crippen molar-refractivity contribution in [1.29, 1.82) is 0 Å². The third kappa shape index (κ3) is 3.57. The molecule has 0 atom stereocenters. The summed E-state index contributed by atoms with van der Waals surface area (Å²) in [5, 5.41) is 7.56. The van der Waals surface area contributed by atoms with Crippen LogP contribution >= 0.6 is 11.3 Å². The van der Waals surface area contributed by atoms with E-state index in [-0.39, 0.29) is 18.7 Å². The second-order valence-electron chi connectivity index (χ2n) is 7.03. The van der Waals surface area contributed by atoms with Gasteiger partial charge in [0.2, 0.25) is 6.79 Å². The molecule has 8 heteroatoms. The minimum absolute atomic E-state index is 0.0206. The van der Waals surface area contributed by atoms with E-state index in [9.17, 15) is 9.59 Å². The highest BCUT2D eigenvalue weighted by molar-refractivity contribution is 7.12. The van der Waals surface area contributed by atoms with Crippen LogP contribution in [0.15, 0.2) is 53.9 Å². The lowest BCUT2D eigenvalue weighted by molar-refractivity contribution is 0.0989. The van der Waals surface area contributed by atoms with E-state index in [2.05, 4.69) is 10.6 Å². The van der Waals surface area contributed by atoms with Crippen LogP contribution in [0.1, 0.15) is 21.7 Å². The Balaban J connectivity index is 1.29. The highest BCUT2D eigenvalue weighted by Crippen LogP contribution is 2.34. The molecule has 0 fully saturated rings. The Kier molecular flexibility index (Phi) is 4.76. The number of fused-ring (bicyclic) bond motifs is 2. The quantitative estimate of drug-likeness (QED) is 0.642. The van der Waals surface area contributed by atoms with Crippen molar-refractivity contribution in [1.82, 2.24) is 0 Å². The van der Waals surface area contributed by atoms with Gasteiger partial charge < -0.3 is 25.0 Å². The summed E-state index contributed by atoms with van der Waals surface area (Å²) in [5.41, 5.74) is 3.24. The summed E-state index contributed by atoms with van der Waals surface area (Å²) in [4.78, 5) is 27.8. The number of carbonyl (C=O) groups is 2. The number of nitrogens with zero attached hydrogens (tertiary/aromatic N) is 1. The van der Waals surface area contributed by atoms with E-state index in [0.717, 1.165) is 29.0 Å². The number of thiophene rings is 1. The van der Waals surface area contributed by atoms with E-state index < -0.39 is 0 Å². The van der Waals surface area contributed by atoms with Gasteiger partial charge in [-0.25, -0.2) is 4.79 Å². The number of rotatable bonds is 3. The fourth-order valence-corrected chi connectivity index (χ4v) is 4.36. The molecule has 0 radical (unpaired) electrons. The first-order chi connectivity index (χ1) is 14.7. The van der Waals surface area contributed by atoms with Crippen LogP contribution in [0.3, 0.4) is 0 Å². The highest BCUT2D eigenvalue weighted by Gasteiger charge is 2.24. The normalized spacial score (nSPS) is 14.2.